The molecule has 6 atom stereocenters. The molecular formula is C33H36F5N5O4. The van der Waals surface area contributed by atoms with E-state index < -0.39 is 70.9 Å². The average molecular weight is 662 g/mol. The van der Waals surface area contributed by atoms with Gasteiger partial charge >= 0.3 is 12.1 Å². The Morgan fingerprint density at radius 1 is 1.06 bits per heavy atom. The summed E-state index contributed by atoms with van der Waals surface area (Å²) in [6.07, 6.45) is -1.06. The first-order valence-corrected chi connectivity index (χ1v) is 16.2. The second-order valence-electron chi connectivity index (χ2n) is 15.4. The molecule has 0 aromatic heterocycles. The molecule has 3 N–H and O–H groups in total. The van der Waals surface area contributed by atoms with Crippen molar-refractivity contribution in [2.45, 2.75) is 89.0 Å². The van der Waals surface area contributed by atoms with Gasteiger partial charge in [-0.1, -0.05) is 13.8 Å². The molecule has 4 amide bonds. The Labute approximate surface area is 268 Å². The van der Waals surface area contributed by atoms with Gasteiger partial charge in [0.2, 0.25) is 17.7 Å². The molecule has 1 aromatic rings. The second-order valence-corrected chi connectivity index (χ2v) is 15.4. The van der Waals surface area contributed by atoms with Crippen LogP contribution >= 0.6 is 0 Å². The Kier molecular flexibility index (Phi) is 7.19. The topological polar surface area (TPSA) is 131 Å². The van der Waals surface area contributed by atoms with Crippen LogP contribution in [0.1, 0.15) is 70.3 Å². The molecule has 1 saturated heterocycles. The van der Waals surface area contributed by atoms with Crippen molar-refractivity contribution in [3.8, 4) is 6.07 Å². The molecule has 5 saturated carbocycles. The Bertz CT molecular complexity index is 1570. The summed E-state index contributed by atoms with van der Waals surface area (Å²) in [6, 6.07) is -0.342. The average Bonchev–Trinajstić information content (AvgIpc) is 3.26. The fraction of sp³-hybridized carbons (Fsp3) is 0.667. The van der Waals surface area contributed by atoms with Crippen molar-refractivity contribution in [2.75, 3.05) is 11.9 Å². The lowest BCUT2D eigenvalue weighted by Crippen LogP contribution is -2.65. The number of halogens is 5. The number of amides is 4. The molecule has 6 fully saturated rings. The number of anilines is 1. The van der Waals surface area contributed by atoms with Gasteiger partial charge in [-0.15, -0.1) is 0 Å². The first-order chi connectivity index (χ1) is 22.0. The van der Waals surface area contributed by atoms with Gasteiger partial charge in [0.25, 0.3) is 0 Å². The number of hydrogen-bond acceptors (Lipinski definition) is 5. The smallest absolute Gasteiger partial charge is 0.339 e. The van der Waals surface area contributed by atoms with E-state index in [1.54, 1.807) is 0 Å². The molecule has 0 radical (unpaired) electrons. The van der Waals surface area contributed by atoms with Gasteiger partial charge in [-0.2, -0.15) is 18.4 Å². The van der Waals surface area contributed by atoms with Crippen LogP contribution in [-0.2, 0) is 19.2 Å². The van der Waals surface area contributed by atoms with E-state index in [9.17, 15) is 46.4 Å². The van der Waals surface area contributed by atoms with E-state index in [2.05, 4.69) is 16.0 Å². The summed E-state index contributed by atoms with van der Waals surface area (Å²) in [6.45, 7) is 3.96. The van der Waals surface area contributed by atoms with Crippen molar-refractivity contribution in [3.63, 3.8) is 0 Å². The summed E-state index contributed by atoms with van der Waals surface area (Å²) in [5, 5.41) is 17.0. The summed E-state index contributed by atoms with van der Waals surface area (Å²) in [4.78, 5) is 54.8. The monoisotopic (exact) mass is 661 g/mol. The number of nitrogens with zero attached hydrogens (tertiary/aromatic N) is 2. The molecule has 5 aliphatic carbocycles. The molecule has 1 unspecified atom stereocenters. The SMILES string of the molecule is CC1(C)[C@@H]2[C@@H](C(=O)N[C@H](C#N)C[C@H]3C(=O)Nc4c(F)cc(F)cc43)N(C(=O)C(NC(=O)C(F)(F)F)C34CC5CC(CC(C5)C3)C4)C[C@@H]21. The minimum absolute atomic E-state index is 0.0156. The zero-order chi connectivity index (χ0) is 33.8. The zero-order valence-corrected chi connectivity index (χ0v) is 25.9. The van der Waals surface area contributed by atoms with Crippen LogP contribution in [0.3, 0.4) is 0 Å². The van der Waals surface area contributed by atoms with Crippen LogP contribution in [0.2, 0.25) is 0 Å². The lowest BCUT2D eigenvalue weighted by Gasteiger charge is -2.59. The summed E-state index contributed by atoms with van der Waals surface area (Å²) < 4.78 is 69.1. The number of alkyl halides is 3. The molecular weight excluding hydrogens is 625 g/mol. The highest BCUT2D eigenvalue weighted by molar-refractivity contribution is 6.03. The predicted octanol–water partition coefficient (Wildman–Crippen LogP) is 4.15. The second kappa shape index (κ2) is 10.6. The summed E-state index contributed by atoms with van der Waals surface area (Å²) in [5.41, 5.74) is -1.40. The number of nitrogens with one attached hydrogen (secondary N) is 3. The Hall–Kier alpha value is -3.76. The summed E-state index contributed by atoms with van der Waals surface area (Å²) in [7, 11) is 0. The van der Waals surface area contributed by atoms with E-state index in [1.807, 2.05) is 19.9 Å². The van der Waals surface area contributed by atoms with E-state index >= 15 is 0 Å². The van der Waals surface area contributed by atoms with Gasteiger partial charge < -0.3 is 20.9 Å². The molecule has 2 heterocycles. The highest BCUT2D eigenvalue weighted by Gasteiger charge is 2.70. The van der Waals surface area contributed by atoms with Crippen molar-refractivity contribution >= 4 is 29.3 Å². The molecule has 252 valence electrons. The number of rotatable bonds is 7. The Balaban J connectivity index is 1.15. The van der Waals surface area contributed by atoms with Crippen molar-refractivity contribution in [1.29, 1.82) is 5.26 Å². The Morgan fingerprint density at radius 2 is 1.68 bits per heavy atom. The largest absolute Gasteiger partial charge is 0.471 e. The molecule has 1 aromatic carbocycles. The maximum Gasteiger partial charge on any atom is 0.471 e. The number of fused-ring (bicyclic) bond motifs is 2. The third-order valence-electron chi connectivity index (χ3n) is 12.2. The number of likely N-dealkylation sites (tertiary alicyclic amines) is 1. The molecule has 4 bridgehead atoms. The lowest BCUT2D eigenvalue weighted by molar-refractivity contribution is -0.179. The molecule has 8 rings (SSSR count). The maximum atomic E-state index is 14.5. The number of nitriles is 1. The third kappa shape index (κ3) is 5.15. The molecule has 2 aliphatic heterocycles. The number of piperidine rings is 1. The van der Waals surface area contributed by atoms with Gasteiger partial charge in [-0.3, -0.25) is 19.2 Å². The molecule has 7 aliphatic rings. The number of carbonyl (C=O) groups excluding carboxylic acids is 4. The number of carbonyl (C=O) groups is 4. The molecule has 47 heavy (non-hydrogen) atoms. The third-order valence-corrected chi connectivity index (χ3v) is 12.2. The summed E-state index contributed by atoms with van der Waals surface area (Å²) in [5.74, 6) is -6.99. The van der Waals surface area contributed by atoms with Gasteiger partial charge in [-0.25, -0.2) is 8.78 Å². The van der Waals surface area contributed by atoms with E-state index in [0.29, 0.717) is 25.3 Å². The van der Waals surface area contributed by atoms with Gasteiger partial charge in [0.05, 0.1) is 17.7 Å². The van der Waals surface area contributed by atoms with Crippen LogP contribution in [-0.4, -0.2) is 59.4 Å². The van der Waals surface area contributed by atoms with E-state index in [4.69, 9.17) is 0 Å². The van der Waals surface area contributed by atoms with Crippen LogP contribution in [0.5, 0.6) is 0 Å². The zero-order valence-electron chi connectivity index (χ0n) is 25.9. The quantitative estimate of drug-likeness (QED) is 0.378. The maximum absolute atomic E-state index is 14.5. The van der Waals surface area contributed by atoms with Crippen LogP contribution in [0, 0.1) is 63.4 Å². The molecule has 0 spiro atoms. The lowest BCUT2D eigenvalue weighted by atomic mass is 9.47. The fourth-order valence-corrected chi connectivity index (χ4v) is 10.4. The van der Waals surface area contributed by atoms with Gasteiger partial charge in [0.1, 0.15) is 29.8 Å². The Morgan fingerprint density at radius 3 is 2.26 bits per heavy atom. The van der Waals surface area contributed by atoms with Gasteiger partial charge in [0, 0.05) is 18.0 Å². The number of benzene rings is 1. The van der Waals surface area contributed by atoms with Crippen molar-refractivity contribution in [2.24, 2.45) is 40.4 Å². The van der Waals surface area contributed by atoms with E-state index in [-0.39, 0.29) is 59.2 Å². The molecule has 9 nitrogen and oxygen atoms in total. The fourth-order valence-electron chi connectivity index (χ4n) is 10.4. The van der Waals surface area contributed by atoms with E-state index in [1.165, 1.54) is 4.90 Å². The van der Waals surface area contributed by atoms with Crippen LogP contribution in [0.25, 0.3) is 0 Å². The summed E-state index contributed by atoms with van der Waals surface area (Å²) >= 11 is 0. The minimum atomic E-state index is -5.20. The number of hydrogen-bond donors (Lipinski definition) is 3. The predicted molar refractivity (Wildman–Crippen MR) is 155 cm³/mol. The standard InChI is InChI=1S/C33H36F5N5O4/c1-31(2)21-13-43(29(46)26(42-30(47)33(36,37)38)32-9-14-3-15(10-32)5-16(4-14)11-32)25(23(21)31)28(45)40-18(12-39)8-20-19-6-17(34)7-22(35)24(19)41-27(20)44/h6-7,14-16,18,20-21,23,25-26H,3-5,8-11,13H2,1-2H3,(H,40,45)(H,41,44)(H,42,47)/t14?,15?,16?,18-,20+,21-,23-,25-,26?,32?/m0/s1. The van der Waals surface area contributed by atoms with Crippen LogP contribution < -0.4 is 16.0 Å². The van der Waals surface area contributed by atoms with Crippen molar-refractivity contribution in [3.05, 3.63) is 29.3 Å². The van der Waals surface area contributed by atoms with E-state index in [0.717, 1.165) is 25.3 Å². The minimum Gasteiger partial charge on any atom is -0.339 e. The normalized spacial score (nSPS) is 35.3. The first kappa shape index (κ1) is 31.8. The highest BCUT2D eigenvalue weighted by atomic mass is 19.4. The van der Waals surface area contributed by atoms with Gasteiger partial charge in [-0.05, 0) is 91.6 Å². The van der Waals surface area contributed by atoms with Crippen molar-refractivity contribution < 1.29 is 41.1 Å². The molecule has 14 heteroatoms. The van der Waals surface area contributed by atoms with Crippen molar-refractivity contribution in [1.82, 2.24) is 15.5 Å². The van der Waals surface area contributed by atoms with Crippen LogP contribution in [0.15, 0.2) is 12.1 Å². The highest BCUT2D eigenvalue weighted by Crippen LogP contribution is 2.66. The van der Waals surface area contributed by atoms with Crippen LogP contribution in [0.4, 0.5) is 27.6 Å². The first-order valence-electron chi connectivity index (χ1n) is 16.2. The van der Waals surface area contributed by atoms with Gasteiger partial charge in [0.15, 0.2) is 0 Å².